The molecule has 1 heterocycles. The smallest absolute Gasteiger partial charge is 0.212 e. The molecule has 4 nitrogen and oxygen atoms in total. The molecule has 21 heavy (non-hydrogen) atoms. The predicted molar refractivity (Wildman–Crippen MR) is 87.5 cm³/mol. The van der Waals surface area contributed by atoms with E-state index in [1.807, 2.05) is 11.4 Å². The van der Waals surface area contributed by atoms with Gasteiger partial charge < -0.3 is 5.73 Å². The Morgan fingerprint density at radius 3 is 2.81 bits per heavy atom. The fourth-order valence-corrected chi connectivity index (χ4v) is 4.93. The van der Waals surface area contributed by atoms with E-state index in [1.165, 1.54) is 17.8 Å². The van der Waals surface area contributed by atoms with Gasteiger partial charge in [0.1, 0.15) is 0 Å². The molecule has 2 rings (SSSR count). The van der Waals surface area contributed by atoms with Crippen molar-refractivity contribution in [2.45, 2.75) is 38.6 Å². The molecular weight excluding hydrogens is 304 g/mol. The summed E-state index contributed by atoms with van der Waals surface area (Å²) in [6, 6.07) is 1.90. The Bertz CT molecular complexity index is 605. The lowest BCUT2D eigenvalue weighted by atomic mass is 9.91. The van der Waals surface area contributed by atoms with Crippen LogP contribution in [0.2, 0.25) is 0 Å². The zero-order valence-electron chi connectivity index (χ0n) is 12.1. The van der Waals surface area contributed by atoms with E-state index in [-0.39, 0.29) is 5.75 Å². The molecule has 3 N–H and O–H groups in total. The number of hydrogen-bond donors (Lipinski definition) is 2. The van der Waals surface area contributed by atoms with Gasteiger partial charge in [-0.15, -0.1) is 11.3 Å². The molecule has 0 atom stereocenters. The molecule has 0 bridgehead atoms. The van der Waals surface area contributed by atoms with Crippen molar-refractivity contribution in [3.05, 3.63) is 21.9 Å². The van der Waals surface area contributed by atoms with Crippen LogP contribution in [0, 0.1) is 17.8 Å². The van der Waals surface area contributed by atoms with Gasteiger partial charge in [0.2, 0.25) is 10.0 Å². The van der Waals surface area contributed by atoms with Crippen LogP contribution in [-0.2, 0) is 16.6 Å². The first-order valence-electron chi connectivity index (χ1n) is 7.33. The van der Waals surface area contributed by atoms with Gasteiger partial charge in [0, 0.05) is 17.0 Å². The fraction of sp³-hybridized carbons (Fsp3) is 0.600. The van der Waals surface area contributed by atoms with Gasteiger partial charge in [-0.05, 0) is 30.2 Å². The molecule has 1 aromatic rings. The van der Waals surface area contributed by atoms with Gasteiger partial charge in [0.25, 0.3) is 0 Å². The van der Waals surface area contributed by atoms with Crippen molar-refractivity contribution in [1.29, 1.82) is 0 Å². The number of rotatable bonds is 5. The molecule has 116 valence electrons. The molecule has 0 unspecified atom stereocenters. The quantitative estimate of drug-likeness (QED) is 0.814. The molecule has 1 aliphatic carbocycles. The first kappa shape index (κ1) is 16.5. The summed E-state index contributed by atoms with van der Waals surface area (Å²) in [5, 5.41) is 1.92. The summed E-state index contributed by atoms with van der Waals surface area (Å²) in [6.07, 6.45) is 5.62. The Morgan fingerprint density at radius 2 is 2.10 bits per heavy atom. The average Bonchev–Trinajstić information content (AvgIpc) is 2.91. The highest BCUT2D eigenvalue weighted by Crippen LogP contribution is 2.24. The third kappa shape index (κ3) is 5.44. The van der Waals surface area contributed by atoms with E-state index in [0.717, 1.165) is 36.1 Å². The minimum absolute atomic E-state index is 0.252. The van der Waals surface area contributed by atoms with Crippen LogP contribution in [0.1, 0.15) is 42.5 Å². The normalized spacial score (nSPS) is 16.4. The minimum Gasteiger partial charge on any atom is -0.320 e. The van der Waals surface area contributed by atoms with Crippen molar-refractivity contribution < 1.29 is 8.42 Å². The van der Waals surface area contributed by atoms with Gasteiger partial charge in [-0.25, -0.2) is 13.1 Å². The zero-order chi connectivity index (χ0) is 15.1. The van der Waals surface area contributed by atoms with E-state index >= 15 is 0 Å². The summed E-state index contributed by atoms with van der Waals surface area (Å²) in [4.78, 5) is 0.947. The SMILES string of the molecule is NCC#Cc1ccsc1CNS(=O)(=O)CC1CCCCC1. The molecule has 1 aliphatic rings. The van der Waals surface area contributed by atoms with Crippen LogP contribution in [0.3, 0.4) is 0 Å². The predicted octanol–water partition coefficient (Wildman–Crippen LogP) is 2.06. The number of nitrogens with one attached hydrogen (secondary N) is 1. The number of thiophene rings is 1. The van der Waals surface area contributed by atoms with Gasteiger partial charge in [-0.2, -0.15) is 0 Å². The Hall–Kier alpha value is -0.870. The van der Waals surface area contributed by atoms with Crippen molar-refractivity contribution in [1.82, 2.24) is 4.72 Å². The van der Waals surface area contributed by atoms with Crippen LogP contribution in [0.5, 0.6) is 0 Å². The van der Waals surface area contributed by atoms with E-state index in [0.29, 0.717) is 19.0 Å². The Kier molecular flexibility index (Phi) is 6.24. The zero-order valence-corrected chi connectivity index (χ0v) is 13.7. The molecule has 6 heteroatoms. The second-order valence-electron chi connectivity index (χ2n) is 5.37. The lowest BCUT2D eigenvalue weighted by molar-refractivity contribution is 0.384. The second kappa shape index (κ2) is 7.95. The summed E-state index contributed by atoms with van der Waals surface area (Å²) in [5.74, 6) is 6.34. The maximum Gasteiger partial charge on any atom is 0.212 e. The van der Waals surface area contributed by atoms with Crippen molar-refractivity contribution in [3.8, 4) is 11.8 Å². The van der Waals surface area contributed by atoms with E-state index in [4.69, 9.17) is 5.73 Å². The van der Waals surface area contributed by atoms with Crippen molar-refractivity contribution in [2.24, 2.45) is 11.7 Å². The summed E-state index contributed by atoms with van der Waals surface area (Å²) in [6.45, 7) is 0.629. The van der Waals surface area contributed by atoms with Gasteiger partial charge in [-0.1, -0.05) is 31.1 Å². The summed E-state index contributed by atoms with van der Waals surface area (Å²) >= 11 is 1.52. The third-order valence-electron chi connectivity index (χ3n) is 3.70. The van der Waals surface area contributed by atoms with Crippen LogP contribution in [0.15, 0.2) is 11.4 Å². The highest BCUT2D eigenvalue weighted by Gasteiger charge is 2.21. The van der Waals surface area contributed by atoms with Gasteiger partial charge in [0.05, 0.1) is 12.3 Å². The molecule has 0 amide bonds. The molecule has 0 radical (unpaired) electrons. The third-order valence-corrected chi connectivity index (χ3v) is 6.12. The maximum absolute atomic E-state index is 12.2. The lowest BCUT2D eigenvalue weighted by Gasteiger charge is -2.21. The van der Waals surface area contributed by atoms with Crippen LogP contribution in [-0.4, -0.2) is 20.7 Å². The molecule has 1 fully saturated rings. The summed E-state index contributed by atoms with van der Waals surface area (Å²) in [5.41, 5.74) is 6.23. The Labute approximate surface area is 131 Å². The molecule has 0 spiro atoms. The lowest BCUT2D eigenvalue weighted by Crippen LogP contribution is -2.30. The molecule has 1 saturated carbocycles. The second-order valence-corrected chi connectivity index (χ2v) is 8.22. The van der Waals surface area contributed by atoms with E-state index in [9.17, 15) is 8.42 Å². The average molecular weight is 326 g/mol. The number of sulfonamides is 1. The maximum atomic E-state index is 12.2. The van der Waals surface area contributed by atoms with Crippen LogP contribution < -0.4 is 10.5 Å². The highest BCUT2D eigenvalue weighted by molar-refractivity contribution is 7.89. The van der Waals surface area contributed by atoms with Gasteiger partial charge in [-0.3, -0.25) is 0 Å². The number of nitrogens with two attached hydrogens (primary N) is 1. The Balaban J connectivity index is 1.90. The van der Waals surface area contributed by atoms with Crippen molar-refractivity contribution in [2.75, 3.05) is 12.3 Å². The van der Waals surface area contributed by atoms with Crippen LogP contribution >= 0.6 is 11.3 Å². The van der Waals surface area contributed by atoms with Crippen LogP contribution in [0.4, 0.5) is 0 Å². The summed E-state index contributed by atoms with van der Waals surface area (Å²) in [7, 11) is -3.21. The topological polar surface area (TPSA) is 72.2 Å². The van der Waals surface area contributed by atoms with Crippen molar-refractivity contribution in [3.63, 3.8) is 0 Å². The van der Waals surface area contributed by atoms with Gasteiger partial charge >= 0.3 is 0 Å². The van der Waals surface area contributed by atoms with Crippen LogP contribution in [0.25, 0.3) is 0 Å². The van der Waals surface area contributed by atoms with Gasteiger partial charge in [0.15, 0.2) is 0 Å². The first-order chi connectivity index (χ1) is 10.1. The number of hydrogen-bond acceptors (Lipinski definition) is 4. The van der Waals surface area contributed by atoms with E-state index < -0.39 is 10.0 Å². The first-order valence-corrected chi connectivity index (χ1v) is 9.86. The molecule has 1 aromatic heterocycles. The molecule has 0 saturated heterocycles. The monoisotopic (exact) mass is 326 g/mol. The fourth-order valence-electron chi connectivity index (χ4n) is 2.63. The summed E-state index contributed by atoms with van der Waals surface area (Å²) < 4.78 is 27.0. The van der Waals surface area contributed by atoms with E-state index in [2.05, 4.69) is 16.6 Å². The van der Waals surface area contributed by atoms with Crippen molar-refractivity contribution >= 4 is 21.4 Å². The molecule has 0 aromatic carbocycles. The van der Waals surface area contributed by atoms with E-state index in [1.54, 1.807) is 0 Å². The minimum atomic E-state index is -3.21. The molecule has 0 aliphatic heterocycles. The largest absolute Gasteiger partial charge is 0.320 e. The highest BCUT2D eigenvalue weighted by atomic mass is 32.2. The standard InChI is InChI=1S/C15H22N2O2S2/c16-9-4-7-14-8-10-20-15(14)11-17-21(18,19)12-13-5-2-1-3-6-13/h8,10,13,17H,1-3,5-6,9,11-12,16H2. The Morgan fingerprint density at radius 1 is 1.33 bits per heavy atom. The molecular formula is C15H22N2O2S2.